The van der Waals surface area contributed by atoms with Gasteiger partial charge in [-0.05, 0) is 24.6 Å². The van der Waals surface area contributed by atoms with Gasteiger partial charge in [-0.1, -0.05) is 23.7 Å². The third kappa shape index (κ3) is 3.60. The summed E-state index contributed by atoms with van der Waals surface area (Å²) in [5.74, 6) is 2.00. The van der Waals surface area contributed by atoms with Crippen molar-refractivity contribution in [1.82, 2.24) is 20.2 Å². The maximum Gasteiger partial charge on any atom is 0.317 e. The maximum atomic E-state index is 12.5. The van der Waals surface area contributed by atoms with Crippen LogP contribution in [0.5, 0.6) is 0 Å². The van der Waals surface area contributed by atoms with Gasteiger partial charge in [-0.2, -0.15) is 0 Å². The van der Waals surface area contributed by atoms with Gasteiger partial charge >= 0.3 is 6.03 Å². The van der Waals surface area contributed by atoms with Crippen molar-refractivity contribution in [2.24, 2.45) is 11.8 Å². The molecular formula is C19H22ClN5O. The number of nitrogens with one attached hydrogen (secondary N) is 1. The summed E-state index contributed by atoms with van der Waals surface area (Å²) in [5.41, 5.74) is 2.03. The van der Waals surface area contributed by atoms with E-state index in [0.29, 0.717) is 23.4 Å². The first kappa shape index (κ1) is 17.1. The summed E-state index contributed by atoms with van der Waals surface area (Å²) in [5, 5.41) is 3.71. The minimum absolute atomic E-state index is 0.0128. The number of urea groups is 1. The maximum absolute atomic E-state index is 12.5. The van der Waals surface area contributed by atoms with E-state index in [-0.39, 0.29) is 6.03 Å². The van der Waals surface area contributed by atoms with E-state index in [9.17, 15) is 4.79 Å². The second kappa shape index (κ2) is 7.11. The average molecular weight is 372 g/mol. The largest absolute Gasteiger partial charge is 0.356 e. The van der Waals surface area contributed by atoms with Crippen LogP contribution in [0.1, 0.15) is 11.3 Å². The van der Waals surface area contributed by atoms with Crippen molar-refractivity contribution in [3.8, 4) is 0 Å². The Hall–Kier alpha value is -2.34. The molecule has 1 aromatic heterocycles. The third-order valence-corrected chi connectivity index (χ3v) is 5.50. The van der Waals surface area contributed by atoms with Crippen LogP contribution in [0.3, 0.4) is 0 Å². The molecule has 2 aromatic rings. The van der Waals surface area contributed by atoms with E-state index < -0.39 is 0 Å². The van der Waals surface area contributed by atoms with Crippen LogP contribution in [0.2, 0.25) is 5.02 Å². The highest BCUT2D eigenvalue weighted by Gasteiger charge is 2.41. The number of likely N-dealkylation sites (tertiary alicyclic amines) is 1. The first-order chi connectivity index (χ1) is 12.6. The van der Waals surface area contributed by atoms with Crippen LogP contribution in [0.15, 0.2) is 36.7 Å². The number of aromatic nitrogens is 2. The van der Waals surface area contributed by atoms with Gasteiger partial charge in [-0.3, -0.25) is 0 Å². The van der Waals surface area contributed by atoms with Crippen LogP contribution < -0.4 is 10.2 Å². The number of anilines is 1. The molecule has 26 heavy (non-hydrogen) atoms. The summed E-state index contributed by atoms with van der Waals surface area (Å²) >= 11 is 5.89. The fraction of sp³-hybridized carbons (Fsp3) is 0.421. The standard InChI is InChI=1S/C19H22ClN5O/c1-13-6-18(23-12-22-13)24-8-15-10-25(11-16(15)9-24)19(26)21-7-14-2-4-17(20)5-3-14/h2-6,12,15-16H,7-11H2,1H3,(H,21,26). The third-order valence-electron chi connectivity index (χ3n) is 5.24. The molecule has 0 saturated carbocycles. The molecule has 136 valence electrons. The molecule has 4 rings (SSSR count). The van der Waals surface area contributed by atoms with E-state index in [0.717, 1.165) is 43.3 Å². The quantitative estimate of drug-likeness (QED) is 0.901. The molecule has 2 atom stereocenters. The highest BCUT2D eigenvalue weighted by Crippen LogP contribution is 2.33. The first-order valence-corrected chi connectivity index (χ1v) is 9.27. The molecule has 2 saturated heterocycles. The summed E-state index contributed by atoms with van der Waals surface area (Å²) in [6, 6.07) is 9.59. The summed E-state index contributed by atoms with van der Waals surface area (Å²) in [4.78, 5) is 25.3. The molecule has 7 heteroatoms. The number of carbonyl (C=O) groups excluding carboxylic acids is 1. The molecule has 0 bridgehead atoms. The van der Waals surface area contributed by atoms with E-state index in [1.54, 1.807) is 6.33 Å². The van der Waals surface area contributed by atoms with Crippen LogP contribution in [-0.4, -0.2) is 47.1 Å². The molecule has 0 spiro atoms. The molecule has 2 aliphatic heterocycles. The SMILES string of the molecule is Cc1cc(N2CC3CN(C(=O)NCc4ccc(Cl)cc4)CC3C2)ncn1. The Kier molecular flexibility index (Phi) is 4.68. The Labute approximate surface area is 158 Å². The average Bonchev–Trinajstić information content (AvgIpc) is 3.20. The van der Waals surface area contributed by atoms with Crippen molar-refractivity contribution in [2.45, 2.75) is 13.5 Å². The number of hydrogen-bond donors (Lipinski definition) is 1. The minimum atomic E-state index is 0.0128. The lowest BCUT2D eigenvalue weighted by atomic mass is 10.0. The molecule has 0 aliphatic carbocycles. The second-order valence-electron chi connectivity index (χ2n) is 7.13. The fourth-order valence-corrected chi connectivity index (χ4v) is 3.98. The molecule has 2 unspecified atom stereocenters. The zero-order valence-electron chi connectivity index (χ0n) is 14.7. The van der Waals surface area contributed by atoms with E-state index in [2.05, 4.69) is 20.2 Å². The van der Waals surface area contributed by atoms with E-state index in [4.69, 9.17) is 11.6 Å². The molecular weight excluding hydrogens is 350 g/mol. The summed E-state index contributed by atoms with van der Waals surface area (Å²) < 4.78 is 0. The molecule has 1 N–H and O–H groups in total. The Morgan fingerprint density at radius 1 is 1.15 bits per heavy atom. The minimum Gasteiger partial charge on any atom is -0.356 e. The zero-order chi connectivity index (χ0) is 18.1. The van der Waals surface area contributed by atoms with Crippen LogP contribution >= 0.6 is 11.6 Å². The first-order valence-electron chi connectivity index (χ1n) is 8.89. The van der Waals surface area contributed by atoms with Crippen molar-refractivity contribution < 1.29 is 4.79 Å². The molecule has 2 aliphatic rings. The lowest BCUT2D eigenvalue weighted by Gasteiger charge is -2.22. The molecule has 3 heterocycles. The Morgan fingerprint density at radius 3 is 2.50 bits per heavy atom. The molecule has 0 radical (unpaired) electrons. The number of nitrogens with zero attached hydrogens (tertiary/aromatic N) is 4. The van der Waals surface area contributed by atoms with Crippen LogP contribution in [-0.2, 0) is 6.54 Å². The normalized spacial score (nSPS) is 21.8. The number of halogens is 1. The van der Waals surface area contributed by atoms with E-state index in [1.807, 2.05) is 42.2 Å². The van der Waals surface area contributed by atoms with Crippen molar-refractivity contribution >= 4 is 23.4 Å². The lowest BCUT2D eigenvalue weighted by Crippen LogP contribution is -2.40. The molecule has 6 nitrogen and oxygen atoms in total. The van der Waals surface area contributed by atoms with Gasteiger partial charge < -0.3 is 15.1 Å². The van der Waals surface area contributed by atoms with Crippen molar-refractivity contribution in [3.05, 3.63) is 52.9 Å². The number of aryl methyl sites for hydroxylation is 1. The van der Waals surface area contributed by atoms with Crippen LogP contribution in [0.25, 0.3) is 0 Å². The monoisotopic (exact) mass is 371 g/mol. The number of rotatable bonds is 3. The lowest BCUT2D eigenvalue weighted by molar-refractivity contribution is 0.205. The molecule has 2 fully saturated rings. The molecule has 2 amide bonds. The number of fused-ring (bicyclic) bond motifs is 1. The fourth-order valence-electron chi connectivity index (χ4n) is 3.85. The van der Waals surface area contributed by atoms with Gasteiger partial charge in [-0.25, -0.2) is 14.8 Å². The Balaban J connectivity index is 1.30. The smallest absolute Gasteiger partial charge is 0.317 e. The van der Waals surface area contributed by atoms with Gasteiger partial charge in [0.1, 0.15) is 12.1 Å². The van der Waals surface area contributed by atoms with Crippen molar-refractivity contribution in [2.75, 3.05) is 31.1 Å². The topological polar surface area (TPSA) is 61.4 Å². The van der Waals surface area contributed by atoms with Crippen LogP contribution in [0.4, 0.5) is 10.6 Å². The van der Waals surface area contributed by atoms with Crippen molar-refractivity contribution in [3.63, 3.8) is 0 Å². The summed E-state index contributed by atoms with van der Waals surface area (Å²) in [6.07, 6.45) is 1.62. The van der Waals surface area contributed by atoms with Gasteiger partial charge in [0.25, 0.3) is 0 Å². The predicted molar refractivity (Wildman–Crippen MR) is 101 cm³/mol. The zero-order valence-corrected chi connectivity index (χ0v) is 15.5. The van der Waals surface area contributed by atoms with E-state index >= 15 is 0 Å². The summed E-state index contributed by atoms with van der Waals surface area (Å²) in [7, 11) is 0. The number of benzene rings is 1. The number of amides is 2. The Bertz CT molecular complexity index is 783. The van der Waals surface area contributed by atoms with Gasteiger partial charge in [0, 0.05) is 61.3 Å². The summed E-state index contributed by atoms with van der Waals surface area (Å²) in [6.45, 7) is 6.00. The highest BCUT2D eigenvalue weighted by molar-refractivity contribution is 6.30. The van der Waals surface area contributed by atoms with Gasteiger partial charge in [0.05, 0.1) is 0 Å². The Morgan fingerprint density at radius 2 is 1.85 bits per heavy atom. The second-order valence-corrected chi connectivity index (χ2v) is 7.57. The highest BCUT2D eigenvalue weighted by atomic mass is 35.5. The van der Waals surface area contributed by atoms with E-state index in [1.165, 1.54) is 0 Å². The molecule has 1 aromatic carbocycles. The van der Waals surface area contributed by atoms with Gasteiger partial charge in [-0.15, -0.1) is 0 Å². The van der Waals surface area contributed by atoms with Gasteiger partial charge in [0.2, 0.25) is 0 Å². The number of hydrogen-bond acceptors (Lipinski definition) is 4. The van der Waals surface area contributed by atoms with Crippen LogP contribution in [0, 0.1) is 18.8 Å². The van der Waals surface area contributed by atoms with Gasteiger partial charge in [0.15, 0.2) is 0 Å². The number of carbonyl (C=O) groups is 1. The predicted octanol–water partition coefficient (Wildman–Crippen LogP) is 2.72. The van der Waals surface area contributed by atoms with Crippen molar-refractivity contribution in [1.29, 1.82) is 0 Å².